The standard InChI is InChI=1S/C22H30N6O2S2/c23-17-16-19(27-10-2-1-3-11-27)24-22(31-14-15(29)26-8-4-5-9-26)25-20(16)32-18(17)21(30)28-12-6-7-13-28/h1-14,23H2. The number of thioether (sulfide) groups is 1. The number of nitrogens with zero attached hydrogens (tertiary/aromatic N) is 5. The number of fused-ring (bicyclic) bond motifs is 1. The van der Waals surface area contributed by atoms with Crippen molar-refractivity contribution in [2.24, 2.45) is 0 Å². The van der Waals surface area contributed by atoms with Gasteiger partial charge in [0, 0.05) is 39.3 Å². The van der Waals surface area contributed by atoms with Gasteiger partial charge in [-0.1, -0.05) is 11.8 Å². The molecule has 5 heterocycles. The number of carbonyl (C=O) groups is 2. The van der Waals surface area contributed by atoms with Gasteiger partial charge in [-0.15, -0.1) is 11.3 Å². The van der Waals surface area contributed by atoms with Gasteiger partial charge in [0.2, 0.25) is 5.91 Å². The van der Waals surface area contributed by atoms with Crippen molar-refractivity contribution in [3.8, 4) is 0 Å². The van der Waals surface area contributed by atoms with Crippen LogP contribution in [0.2, 0.25) is 0 Å². The van der Waals surface area contributed by atoms with Crippen molar-refractivity contribution >= 4 is 56.6 Å². The maximum Gasteiger partial charge on any atom is 0.266 e. The molecule has 10 heteroatoms. The average Bonchev–Trinajstić information content (AvgIpc) is 3.59. The van der Waals surface area contributed by atoms with E-state index in [9.17, 15) is 9.59 Å². The molecule has 0 bridgehead atoms. The summed E-state index contributed by atoms with van der Waals surface area (Å²) < 4.78 is 0. The highest BCUT2D eigenvalue weighted by molar-refractivity contribution is 7.99. The lowest BCUT2D eigenvalue weighted by Crippen LogP contribution is -2.31. The molecule has 0 atom stereocenters. The van der Waals surface area contributed by atoms with Crippen LogP contribution in [0.3, 0.4) is 0 Å². The number of carbonyl (C=O) groups excluding carboxylic acids is 2. The Hall–Kier alpha value is -2.07. The van der Waals surface area contributed by atoms with E-state index >= 15 is 0 Å². The fourth-order valence-corrected chi connectivity index (χ4v) is 6.65. The van der Waals surface area contributed by atoms with Crippen LogP contribution in [0.15, 0.2) is 5.16 Å². The number of likely N-dealkylation sites (tertiary alicyclic amines) is 2. The van der Waals surface area contributed by atoms with Crippen molar-refractivity contribution in [3.63, 3.8) is 0 Å². The molecule has 2 amide bonds. The van der Waals surface area contributed by atoms with E-state index in [0.717, 1.165) is 93.8 Å². The van der Waals surface area contributed by atoms with Crippen LogP contribution in [0.1, 0.15) is 54.6 Å². The Morgan fingerprint density at radius 2 is 1.50 bits per heavy atom. The lowest BCUT2D eigenvalue weighted by molar-refractivity contribution is -0.127. The number of rotatable bonds is 5. The highest BCUT2D eigenvalue weighted by Gasteiger charge is 2.29. The van der Waals surface area contributed by atoms with E-state index in [1.807, 2.05) is 9.80 Å². The van der Waals surface area contributed by atoms with Gasteiger partial charge in [-0.05, 0) is 44.9 Å². The molecule has 0 unspecified atom stereocenters. The van der Waals surface area contributed by atoms with Crippen molar-refractivity contribution in [1.82, 2.24) is 19.8 Å². The molecule has 2 aromatic heterocycles. The number of aromatic nitrogens is 2. The Morgan fingerprint density at radius 1 is 0.875 bits per heavy atom. The van der Waals surface area contributed by atoms with Crippen LogP contribution in [-0.2, 0) is 4.79 Å². The molecule has 3 aliphatic heterocycles. The molecular weight excluding hydrogens is 444 g/mol. The van der Waals surface area contributed by atoms with Gasteiger partial charge >= 0.3 is 0 Å². The lowest BCUT2D eigenvalue weighted by Gasteiger charge is -2.28. The number of piperidine rings is 1. The molecule has 5 rings (SSSR count). The first-order valence-electron chi connectivity index (χ1n) is 11.7. The smallest absolute Gasteiger partial charge is 0.266 e. The van der Waals surface area contributed by atoms with Gasteiger partial charge in [0.1, 0.15) is 15.5 Å². The Labute approximate surface area is 196 Å². The number of nitrogens with two attached hydrogens (primary N) is 1. The van der Waals surface area contributed by atoms with E-state index in [1.54, 1.807) is 0 Å². The highest BCUT2D eigenvalue weighted by Crippen LogP contribution is 2.40. The quantitative estimate of drug-likeness (QED) is 0.525. The van der Waals surface area contributed by atoms with Crippen LogP contribution in [-0.4, -0.2) is 76.6 Å². The summed E-state index contributed by atoms with van der Waals surface area (Å²) in [6, 6.07) is 0. The predicted molar refractivity (Wildman–Crippen MR) is 130 cm³/mol. The minimum Gasteiger partial charge on any atom is -0.397 e. The molecule has 2 aromatic rings. The third-order valence-electron chi connectivity index (χ3n) is 6.58. The first-order chi connectivity index (χ1) is 15.6. The molecule has 3 aliphatic rings. The van der Waals surface area contributed by atoms with E-state index in [-0.39, 0.29) is 11.8 Å². The van der Waals surface area contributed by atoms with Crippen molar-refractivity contribution in [2.45, 2.75) is 50.1 Å². The van der Waals surface area contributed by atoms with Crippen LogP contribution in [0.4, 0.5) is 11.5 Å². The molecule has 0 aliphatic carbocycles. The topological polar surface area (TPSA) is 95.7 Å². The number of thiophene rings is 1. The monoisotopic (exact) mass is 474 g/mol. The summed E-state index contributed by atoms with van der Waals surface area (Å²) in [4.78, 5) is 42.7. The predicted octanol–water partition coefficient (Wildman–Crippen LogP) is 3.21. The van der Waals surface area contributed by atoms with Gasteiger partial charge in [0.15, 0.2) is 5.16 Å². The van der Waals surface area contributed by atoms with Crippen LogP contribution >= 0.6 is 23.1 Å². The van der Waals surface area contributed by atoms with Crippen LogP contribution in [0, 0.1) is 0 Å². The molecule has 32 heavy (non-hydrogen) atoms. The summed E-state index contributed by atoms with van der Waals surface area (Å²) >= 11 is 2.76. The number of hydrogen-bond acceptors (Lipinski definition) is 8. The molecule has 0 radical (unpaired) electrons. The van der Waals surface area contributed by atoms with Gasteiger partial charge in [-0.3, -0.25) is 9.59 Å². The molecule has 172 valence electrons. The van der Waals surface area contributed by atoms with Crippen molar-refractivity contribution in [1.29, 1.82) is 0 Å². The summed E-state index contributed by atoms with van der Waals surface area (Å²) in [5, 5.41) is 1.39. The summed E-state index contributed by atoms with van der Waals surface area (Å²) in [6.45, 7) is 5.12. The number of hydrogen-bond donors (Lipinski definition) is 1. The van der Waals surface area contributed by atoms with E-state index in [4.69, 9.17) is 15.7 Å². The summed E-state index contributed by atoms with van der Waals surface area (Å²) in [5.74, 6) is 1.31. The summed E-state index contributed by atoms with van der Waals surface area (Å²) in [6.07, 6.45) is 7.70. The van der Waals surface area contributed by atoms with Crippen LogP contribution in [0.5, 0.6) is 0 Å². The van der Waals surface area contributed by atoms with Gasteiger partial charge in [0.05, 0.1) is 16.8 Å². The van der Waals surface area contributed by atoms with Gasteiger partial charge in [0.25, 0.3) is 5.91 Å². The zero-order chi connectivity index (χ0) is 22.1. The van der Waals surface area contributed by atoms with Crippen molar-refractivity contribution < 1.29 is 9.59 Å². The van der Waals surface area contributed by atoms with E-state index in [2.05, 4.69) is 4.90 Å². The van der Waals surface area contributed by atoms with Gasteiger partial charge in [-0.25, -0.2) is 9.97 Å². The molecule has 3 saturated heterocycles. The third-order valence-corrected chi connectivity index (χ3v) is 8.50. The molecule has 0 aromatic carbocycles. The zero-order valence-electron chi connectivity index (χ0n) is 18.3. The molecule has 8 nitrogen and oxygen atoms in total. The van der Waals surface area contributed by atoms with Crippen molar-refractivity contribution in [2.75, 3.05) is 55.7 Å². The van der Waals surface area contributed by atoms with Crippen LogP contribution in [0.25, 0.3) is 10.2 Å². The largest absolute Gasteiger partial charge is 0.397 e. The van der Waals surface area contributed by atoms with Crippen molar-refractivity contribution in [3.05, 3.63) is 4.88 Å². The molecule has 0 saturated carbocycles. The van der Waals surface area contributed by atoms with Gasteiger partial charge < -0.3 is 20.4 Å². The minimum absolute atomic E-state index is 0.00556. The molecule has 2 N–H and O–H groups in total. The van der Waals surface area contributed by atoms with Crippen LogP contribution < -0.4 is 10.6 Å². The molecule has 3 fully saturated rings. The minimum atomic E-state index is 0.00556. The zero-order valence-corrected chi connectivity index (χ0v) is 20.0. The summed E-state index contributed by atoms with van der Waals surface area (Å²) in [7, 11) is 0. The second-order valence-electron chi connectivity index (χ2n) is 8.78. The highest BCUT2D eigenvalue weighted by atomic mass is 32.2. The number of amides is 2. The Bertz CT molecular complexity index is 1010. The Morgan fingerprint density at radius 3 is 2.19 bits per heavy atom. The normalized spacial score (nSPS) is 19.3. The van der Waals surface area contributed by atoms with E-state index in [1.165, 1.54) is 29.5 Å². The molecular formula is C22H30N6O2S2. The van der Waals surface area contributed by atoms with Gasteiger partial charge in [-0.2, -0.15) is 0 Å². The lowest BCUT2D eigenvalue weighted by atomic mass is 10.1. The average molecular weight is 475 g/mol. The SMILES string of the molecule is Nc1c(C(=O)N2CCCC2)sc2nc(SCC(=O)N3CCCC3)nc(N3CCCCC3)c12. The Balaban J connectivity index is 1.47. The number of nitrogen functional groups attached to an aromatic ring is 1. The second-order valence-corrected chi connectivity index (χ2v) is 10.7. The second kappa shape index (κ2) is 9.43. The maximum absolute atomic E-state index is 13.1. The first-order valence-corrected chi connectivity index (χ1v) is 13.5. The number of anilines is 2. The first kappa shape index (κ1) is 21.8. The van der Waals surface area contributed by atoms with E-state index in [0.29, 0.717) is 21.5 Å². The third kappa shape index (κ3) is 4.26. The molecule has 0 spiro atoms. The fraction of sp³-hybridized carbons (Fsp3) is 0.636. The summed E-state index contributed by atoms with van der Waals surface area (Å²) in [5.41, 5.74) is 7.07. The van der Waals surface area contributed by atoms with E-state index < -0.39 is 0 Å². The Kier molecular flexibility index (Phi) is 6.41. The fourth-order valence-electron chi connectivity index (χ4n) is 4.79. The maximum atomic E-state index is 13.1.